The Morgan fingerprint density at radius 2 is 1.48 bits per heavy atom. The lowest BCUT2D eigenvalue weighted by molar-refractivity contribution is -0.146. The van der Waals surface area contributed by atoms with Crippen molar-refractivity contribution >= 4 is 5.97 Å². The fourth-order valence-electron chi connectivity index (χ4n) is 4.06. The van der Waals surface area contributed by atoms with Crippen LogP contribution in [0.15, 0.2) is 60.7 Å². The molecular weight excluding hydrogens is 388 g/mol. The maximum atomic E-state index is 12.4. The van der Waals surface area contributed by atoms with Gasteiger partial charge in [-0.05, 0) is 43.0 Å². The van der Waals surface area contributed by atoms with Crippen LogP contribution in [-0.2, 0) is 29.2 Å². The summed E-state index contributed by atoms with van der Waals surface area (Å²) in [6.45, 7) is 7.01. The molecule has 1 heterocycles. The molecule has 0 unspecified atom stereocenters. The summed E-state index contributed by atoms with van der Waals surface area (Å²) in [6.07, 6.45) is 0.737. The Morgan fingerprint density at radius 3 is 2.13 bits per heavy atom. The van der Waals surface area contributed by atoms with E-state index in [1.807, 2.05) is 55.5 Å². The predicted molar refractivity (Wildman–Crippen MR) is 120 cm³/mol. The molecule has 0 aliphatic carbocycles. The quantitative estimate of drug-likeness (QED) is 0.469. The zero-order chi connectivity index (χ0) is 21.8. The molecule has 3 aromatic rings. The van der Waals surface area contributed by atoms with Crippen LogP contribution in [0, 0.1) is 20.8 Å². The zero-order valence-corrected chi connectivity index (χ0v) is 18.3. The molecule has 3 aromatic carbocycles. The summed E-state index contributed by atoms with van der Waals surface area (Å²) in [7, 11) is 0. The minimum Gasteiger partial charge on any atom is -0.489 e. The maximum Gasteiger partial charge on any atom is 0.309 e. The number of fused-ring (bicyclic) bond motifs is 1. The fourth-order valence-corrected chi connectivity index (χ4v) is 4.06. The lowest BCUT2D eigenvalue weighted by Crippen LogP contribution is -2.20. The van der Waals surface area contributed by atoms with Gasteiger partial charge in [0.25, 0.3) is 0 Å². The third-order valence-corrected chi connectivity index (χ3v) is 5.89. The molecule has 0 amide bonds. The summed E-state index contributed by atoms with van der Waals surface area (Å²) in [5, 5.41) is 0. The van der Waals surface area contributed by atoms with E-state index >= 15 is 0 Å². The second-order valence-corrected chi connectivity index (χ2v) is 8.08. The van der Waals surface area contributed by atoms with Crippen LogP contribution in [-0.4, -0.2) is 12.1 Å². The number of carbonyl (C=O) groups excluding carboxylic acids is 1. The van der Waals surface area contributed by atoms with Crippen LogP contribution in [0.25, 0.3) is 0 Å². The standard InChI is InChI=1S/C27H28O4/c1-18-19(2)26(30-17-22-12-8-5-9-13-22)20(3)27-24(18)14-23(31-27)15-25(28)29-16-21-10-6-4-7-11-21/h4-13,23H,14-17H2,1-3H3/t23-/m1/s1. The van der Waals surface area contributed by atoms with E-state index in [1.54, 1.807) is 0 Å². The molecule has 4 rings (SSSR count). The topological polar surface area (TPSA) is 44.8 Å². The van der Waals surface area contributed by atoms with Crippen LogP contribution in [0.2, 0.25) is 0 Å². The highest BCUT2D eigenvalue weighted by molar-refractivity contribution is 5.71. The average molecular weight is 417 g/mol. The Morgan fingerprint density at radius 1 is 0.871 bits per heavy atom. The third kappa shape index (κ3) is 4.74. The van der Waals surface area contributed by atoms with E-state index in [1.165, 1.54) is 11.1 Å². The second-order valence-electron chi connectivity index (χ2n) is 8.08. The largest absolute Gasteiger partial charge is 0.489 e. The Kier molecular flexibility index (Phi) is 6.26. The molecule has 0 saturated carbocycles. The first kappa shape index (κ1) is 21.0. The first-order chi connectivity index (χ1) is 15.0. The summed E-state index contributed by atoms with van der Waals surface area (Å²) in [6, 6.07) is 19.8. The van der Waals surface area contributed by atoms with Gasteiger partial charge in [-0.2, -0.15) is 0 Å². The number of carbonyl (C=O) groups is 1. The van der Waals surface area contributed by atoms with Crippen LogP contribution >= 0.6 is 0 Å². The highest BCUT2D eigenvalue weighted by Gasteiger charge is 2.31. The van der Waals surface area contributed by atoms with E-state index in [9.17, 15) is 4.79 Å². The van der Waals surface area contributed by atoms with Gasteiger partial charge in [0.05, 0.1) is 6.42 Å². The Balaban J connectivity index is 1.42. The van der Waals surface area contributed by atoms with Crippen molar-refractivity contribution in [3.63, 3.8) is 0 Å². The summed E-state index contributed by atoms with van der Waals surface area (Å²) >= 11 is 0. The molecule has 160 valence electrons. The van der Waals surface area contributed by atoms with Crippen LogP contribution in [0.4, 0.5) is 0 Å². The SMILES string of the molecule is Cc1c(C)c(OCc2ccccc2)c(C)c2c1C[C@H](CC(=O)OCc1ccccc1)O2. The smallest absolute Gasteiger partial charge is 0.309 e. The van der Waals surface area contributed by atoms with E-state index in [2.05, 4.69) is 26.0 Å². The van der Waals surface area contributed by atoms with Gasteiger partial charge in [-0.15, -0.1) is 0 Å². The molecule has 0 aromatic heterocycles. The minimum atomic E-state index is -0.241. The fraction of sp³-hybridized carbons (Fsp3) is 0.296. The lowest BCUT2D eigenvalue weighted by atomic mass is 9.95. The molecule has 31 heavy (non-hydrogen) atoms. The molecule has 1 aliphatic heterocycles. The van der Waals surface area contributed by atoms with E-state index in [0.717, 1.165) is 33.8 Å². The number of hydrogen-bond acceptors (Lipinski definition) is 4. The number of hydrogen-bond donors (Lipinski definition) is 0. The van der Waals surface area contributed by atoms with Crippen molar-refractivity contribution in [3.8, 4) is 11.5 Å². The number of ether oxygens (including phenoxy) is 3. The van der Waals surface area contributed by atoms with E-state index in [4.69, 9.17) is 14.2 Å². The van der Waals surface area contributed by atoms with Crippen molar-refractivity contribution in [3.05, 3.63) is 94.0 Å². The van der Waals surface area contributed by atoms with Gasteiger partial charge in [-0.3, -0.25) is 4.79 Å². The summed E-state index contributed by atoms with van der Waals surface area (Å²) in [5.74, 6) is 1.48. The predicted octanol–water partition coefficient (Wildman–Crippen LogP) is 5.63. The highest BCUT2D eigenvalue weighted by Crippen LogP contribution is 2.43. The van der Waals surface area contributed by atoms with E-state index in [0.29, 0.717) is 13.0 Å². The van der Waals surface area contributed by atoms with Gasteiger partial charge in [-0.1, -0.05) is 60.7 Å². The molecule has 0 N–H and O–H groups in total. The van der Waals surface area contributed by atoms with E-state index in [-0.39, 0.29) is 25.1 Å². The van der Waals surface area contributed by atoms with Crippen molar-refractivity contribution in [2.75, 3.05) is 0 Å². The van der Waals surface area contributed by atoms with Crippen molar-refractivity contribution in [2.24, 2.45) is 0 Å². The number of rotatable bonds is 7. The van der Waals surface area contributed by atoms with Crippen molar-refractivity contribution in [1.29, 1.82) is 0 Å². The van der Waals surface area contributed by atoms with Crippen molar-refractivity contribution < 1.29 is 19.0 Å². The van der Waals surface area contributed by atoms with Crippen LogP contribution < -0.4 is 9.47 Å². The highest BCUT2D eigenvalue weighted by atomic mass is 16.5. The third-order valence-electron chi connectivity index (χ3n) is 5.89. The molecule has 0 fully saturated rings. The van der Waals surface area contributed by atoms with Gasteiger partial charge >= 0.3 is 5.97 Å². The van der Waals surface area contributed by atoms with Crippen LogP contribution in [0.5, 0.6) is 11.5 Å². The number of esters is 1. The molecule has 4 heteroatoms. The van der Waals surface area contributed by atoms with Gasteiger partial charge in [-0.25, -0.2) is 0 Å². The van der Waals surface area contributed by atoms with Gasteiger partial charge in [0.1, 0.15) is 30.8 Å². The molecular formula is C27H28O4. The van der Waals surface area contributed by atoms with E-state index < -0.39 is 0 Å². The average Bonchev–Trinajstić information content (AvgIpc) is 3.22. The normalized spacial score (nSPS) is 14.6. The summed E-state index contributed by atoms with van der Waals surface area (Å²) in [4.78, 5) is 12.4. The molecule has 1 atom stereocenters. The van der Waals surface area contributed by atoms with Gasteiger partial charge in [0.15, 0.2) is 0 Å². The van der Waals surface area contributed by atoms with Gasteiger partial charge in [0, 0.05) is 17.5 Å². The van der Waals surface area contributed by atoms with Crippen LogP contribution in [0.1, 0.15) is 39.8 Å². The maximum absolute atomic E-state index is 12.4. The molecule has 4 nitrogen and oxygen atoms in total. The minimum absolute atomic E-state index is 0.209. The van der Waals surface area contributed by atoms with Crippen LogP contribution in [0.3, 0.4) is 0 Å². The monoisotopic (exact) mass is 416 g/mol. The molecule has 0 saturated heterocycles. The van der Waals surface area contributed by atoms with Crippen molar-refractivity contribution in [1.82, 2.24) is 0 Å². The summed E-state index contributed by atoms with van der Waals surface area (Å²) in [5.41, 5.74) is 6.57. The first-order valence-corrected chi connectivity index (χ1v) is 10.7. The Labute approximate surface area is 183 Å². The zero-order valence-electron chi connectivity index (χ0n) is 18.3. The molecule has 0 radical (unpaired) electrons. The second kappa shape index (κ2) is 9.25. The first-order valence-electron chi connectivity index (χ1n) is 10.7. The van der Waals surface area contributed by atoms with Gasteiger partial charge in [0.2, 0.25) is 0 Å². The number of benzene rings is 3. The molecule has 0 spiro atoms. The Hall–Kier alpha value is -3.27. The van der Waals surface area contributed by atoms with Crippen molar-refractivity contribution in [2.45, 2.75) is 52.9 Å². The van der Waals surface area contributed by atoms with Gasteiger partial charge < -0.3 is 14.2 Å². The Bertz CT molecular complexity index is 1060. The molecule has 0 bridgehead atoms. The lowest BCUT2D eigenvalue weighted by Gasteiger charge is -2.18. The molecule has 1 aliphatic rings. The summed E-state index contributed by atoms with van der Waals surface area (Å²) < 4.78 is 17.8.